The summed E-state index contributed by atoms with van der Waals surface area (Å²) in [4.78, 5) is 14.6. The zero-order valence-corrected chi connectivity index (χ0v) is 18.0. The molecule has 2 aliphatic rings. The van der Waals surface area contributed by atoms with Gasteiger partial charge >= 0.3 is 5.97 Å². The van der Waals surface area contributed by atoms with Crippen molar-refractivity contribution in [2.75, 3.05) is 33.3 Å². The zero-order valence-electron chi connectivity index (χ0n) is 16.4. The van der Waals surface area contributed by atoms with E-state index in [9.17, 15) is 13.2 Å². The molecule has 0 bridgehead atoms. The molecule has 29 heavy (non-hydrogen) atoms. The quantitative estimate of drug-likeness (QED) is 0.661. The van der Waals surface area contributed by atoms with Crippen molar-refractivity contribution in [3.8, 4) is 10.6 Å². The lowest BCUT2D eigenvalue weighted by molar-refractivity contribution is 0.0589. The van der Waals surface area contributed by atoms with Crippen LogP contribution in [-0.4, -0.2) is 68.1 Å². The van der Waals surface area contributed by atoms with Gasteiger partial charge in [-0.05, 0) is 25.0 Å². The van der Waals surface area contributed by atoms with Gasteiger partial charge in [0.2, 0.25) is 0 Å². The van der Waals surface area contributed by atoms with Gasteiger partial charge in [0.25, 0.3) is 10.0 Å². The number of nitrogens with zero attached hydrogens (tertiary/aromatic N) is 3. The Morgan fingerprint density at radius 3 is 2.59 bits per heavy atom. The number of hydrogen-bond donors (Lipinski definition) is 0. The average Bonchev–Trinajstić information content (AvgIpc) is 3.44. The van der Waals surface area contributed by atoms with Crippen molar-refractivity contribution in [1.29, 1.82) is 0 Å². The van der Waals surface area contributed by atoms with E-state index in [2.05, 4.69) is 14.8 Å². The summed E-state index contributed by atoms with van der Waals surface area (Å²) in [7, 11) is -2.28. The van der Waals surface area contributed by atoms with Crippen LogP contribution in [0.25, 0.3) is 10.6 Å². The smallest absolute Gasteiger partial charge is 0.360 e. The van der Waals surface area contributed by atoms with Crippen LogP contribution in [0.2, 0.25) is 0 Å². The summed E-state index contributed by atoms with van der Waals surface area (Å²) in [5, 5.41) is 3.67. The maximum Gasteiger partial charge on any atom is 0.360 e. The van der Waals surface area contributed by atoms with Crippen molar-refractivity contribution in [3.63, 3.8) is 0 Å². The van der Waals surface area contributed by atoms with E-state index in [0.717, 1.165) is 24.4 Å². The Morgan fingerprint density at radius 1 is 1.17 bits per heavy atom. The lowest BCUT2D eigenvalue weighted by atomic mass is 9.94. The van der Waals surface area contributed by atoms with Crippen LogP contribution in [-0.2, 0) is 14.8 Å². The second-order valence-electron chi connectivity index (χ2n) is 7.42. The molecule has 1 saturated heterocycles. The van der Waals surface area contributed by atoms with Crippen LogP contribution >= 0.6 is 11.3 Å². The first-order valence-electron chi connectivity index (χ1n) is 9.88. The SMILES string of the molecule is COC(=O)c1cc(-c2ccc(S(=O)(=O)N3CCN(C4CCCCC4)CC3)s2)on1. The normalized spacial score (nSPS) is 20.0. The molecule has 0 amide bonds. The molecule has 0 unspecified atom stereocenters. The molecule has 158 valence electrons. The minimum atomic E-state index is -3.55. The van der Waals surface area contributed by atoms with Crippen LogP contribution in [0.15, 0.2) is 26.9 Å². The summed E-state index contributed by atoms with van der Waals surface area (Å²) in [6, 6.07) is 5.33. The number of sulfonamides is 1. The van der Waals surface area contributed by atoms with Gasteiger partial charge in [0.1, 0.15) is 4.21 Å². The Bertz CT molecular complexity index is 954. The van der Waals surface area contributed by atoms with E-state index in [-0.39, 0.29) is 9.90 Å². The molecule has 0 N–H and O–H groups in total. The highest BCUT2D eigenvalue weighted by Crippen LogP contribution is 2.33. The first kappa shape index (κ1) is 20.5. The average molecular weight is 440 g/mol. The third kappa shape index (κ3) is 4.25. The molecule has 0 radical (unpaired) electrons. The van der Waals surface area contributed by atoms with Gasteiger partial charge < -0.3 is 9.26 Å². The maximum atomic E-state index is 13.1. The number of ether oxygens (including phenoxy) is 1. The number of rotatable bonds is 5. The fourth-order valence-electron chi connectivity index (χ4n) is 4.07. The van der Waals surface area contributed by atoms with Crippen molar-refractivity contribution in [2.24, 2.45) is 0 Å². The monoisotopic (exact) mass is 439 g/mol. The summed E-state index contributed by atoms with van der Waals surface area (Å²) in [5.41, 5.74) is 0.0548. The number of carbonyl (C=O) groups excluding carboxylic acids is 1. The molecular formula is C19H25N3O5S2. The molecule has 0 aromatic carbocycles. The number of piperazine rings is 1. The van der Waals surface area contributed by atoms with Gasteiger partial charge in [-0.2, -0.15) is 4.31 Å². The van der Waals surface area contributed by atoms with Gasteiger partial charge in [0.15, 0.2) is 11.5 Å². The molecule has 2 aromatic heterocycles. The van der Waals surface area contributed by atoms with Crippen molar-refractivity contribution >= 4 is 27.3 Å². The highest BCUT2D eigenvalue weighted by Gasteiger charge is 2.32. The van der Waals surface area contributed by atoms with Crippen molar-refractivity contribution in [1.82, 2.24) is 14.4 Å². The molecular weight excluding hydrogens is 414 g/mol. The van der Waals surface area contributed by atoms with Crippen LogP contribution < -0.4 is 0 Å². The van der Waals surface area contributed by atoms with E-state index in [1.54, 1.807) is 16.4 Å². The van der Waals surface area contributed by atoms with Crippen molar-refractivity contribution in [2.45, 2.75) is 42.4 Å². The Hall–Kier alpha value is -1.75. The van der Waals surface area contributed by atoms with Crippen molar-refractivity contribution in [3.05, 3.63) is 23.9 Å². The van der Waals surface area contributed by atoms with Crippen LogP contribution in [0, 0.1) is 0 Å². The number of hydrogen-bond acceptors (Lipinski definition) is 8. The van der Waals surface area contributed by atoms with E-state index < -0.39 is 16.0 Å². The Labute approximate surface area is 174 Å². The Kier molecular flexibility index (Phi) is 6.05. The second kappa shape index (κ2) is 8.55. The lowest BCUT2D eigenvalue weighted by Gasteiger charge is -2.40. The van der Waals surface area contributed by atoms with Crippen LogP contribution in [0.4, 0.5) is 0 Å². The number of esters is 1. The Morgan fingerprint density at radius 2 is 1.90 bits per heavy atom. The second-order valence-corrected chi connectivity index (χ2v) is 10.7. The van der Waals surface area contributed by atoms with E-state index in [1.807, 2.05) is 0 Å². The third-order valence-electron chi connectivity index (χ3n) is 5.69. The van der Waals surface area contributed by atoms with Crippen LogP contribution in [0.1, 0.15) is 42.6 Å². The van der Waals surface area contributed by atoms with Gasteiger partial charge in [-0.1, -0.05) is 24.4 Å². The molecule has 10 heteroatoms. The molecule has 1 aliphatic carbocycles. The minimum Gasteiger partial charge on any atom is -0.464 e. The first-order chi connectivity index (χ1) is 14.0. The van der Waals surface area contributed by atoms with Crippen LogP contribution in [0.5, 0.6) is 0 Å². The van der Waals surface area contributed by atoms with Gasteiger partial charge in [0, 0.05) is 38.3 Å². The molecule has 2 fully saturated rings. The molecule has 4 rings (SSSR count). The largest absolute Gasteiger partial charge is 0.464 e. The summed E-state index contributed by atoms with van der Waals surface area (Å²) in [6.45, 7) is 2.60. The van der Waals surface area contributed by atoms with E-state index in [0.29, 0.717) is 29.8 Å². The van der Waals surface area contributed by atoms with Gasteiger partial charge in [0.05, 0.1) is 12.0 Å². The predicted octanol–water partition coefficient (Wildman–Crippen LogP) is 2.83. The molecule has 3 heterocycles. The summed E-state index contributed by atoms with van der Waals surface area (Å²) >= 11 is 1.12. The van der Waals surface area contributed by atoms with E-state index in [1.165, 1.54) is 45.3 Å². The molecule has 8 nitrogen and oxygen atoms in total. The van der Waals surface area contributed by atoms with Gasteiger partial charge in [-0.25, -0.2) is 13.2 Å². The third-order valence-corrected chi connectivity index (χ3v) is 9.15. The molecule has 2 aromatic rings. The highest BCUT2D eigenvalue weighted by molar-refractivity contribution is 7.91. The number of methoxy groups -OCH3 is 1. The van der Waals surface area contributed by atoms with Gasteiger partial charge in [-0.15, -0.1) is 11.3 Å². The summed E-state index contributed by atoms with van der Waals surface area (Å²) in [5.74, 6) is -0.251. The van der Waals surface area contributed by atoms with Gasteiger partial charge in [-0.3, -0.25) is 4.90 Å². The fraction of sp³-hybridized carbons (Fsp3) is 0.579. The lowest BCUT2D eigenvalue weighted by Crippen LogP contribution is -2.52. The number of carbonyl (C=O) groups is 1. The highest BCUT2D eigenvalue weighted by atomic mass is 32.2. The number of thiophene rings is 1. The maximum absolute atomic E-state index is 13.1. The van der Waals surface area contributed by atoms with Crippen molar-refractivity contribution < 1.29 is 22.5 Å². The summed E-state index contributed by atoms with van der Waals surface area (Å²) < 4.78 is 37.8. The fourth-order valence-corrected chi connectivity index (χ4v) is 6.90. The first-order valence-corrected chi connectivity index (χ1v) is 12.1. The predicted molar refractivity (Wildman–Crippen MR) is 108 cm³/mol. The Balaban J connectivity index is 1.43. The molecule has 1 aliphatic heterocycles. The molecule has 1 saturated carbocycles. The minimum absolute atomic E-state index is 0.0548. The summed E-state index contributed by atoms with van der Waals surface area (Å²) in [6.07, 6.45) is 6.33. The van der Waals surface area contributed by atoms with Crippen LogP contribution in [0.3, 0.4) is 0 Å². The zero-order chi connectivity index (χ0) is 20.4. The van der Waals surface area contributed by atoms with E-state index >= 15 is 0 Å². The molecule has 0 atom stereocenters. The standard InChI is InChI=1S/C19H25N3O5S2/c1-26-19(23)15-13-16(27-20-15)17-7-8-18(28-17)29(24,25)22-11-9-21(10-12-22)14-5-3-2-4-6-14/h7-8,13-14H,2-6,9-12H2,1H3. The molecule has 0 spiro atoms. The number of aromatic nitrogens is 1. The van der Waals surface area contributed by atoms with E-state index in [4.69, 9.17) is 4.52 Å². The topological polar surface area (TPSA) is 93.0 Å².